The zero-order valence-electron chi connectivity index (χ0n) is 26.4. The summed E-state index contributed by atoms with van der Waals surface area (Å²) in [6, 6.07) is 24.1. The Morgan fingerprint density at radius 2 is 1.48 bits per heavy atom. The van der Waals surface area contributed by atoms with E-state index < -0.39 is 41.7 Å². The topological polar surface area (TPSA) is 120 Å². The molecular formula is C37H40N2O7. The fourth-order valence-corrected chi connectivity index (χ4v) is 5.81. The predicted molar refractivity (Wildman–Crippen MR) is 173 cm³/mol. The van der Waals surface area contributed by atoms with E-state index in [-0.39, 0.29) is 44.2 Å². The van der Waals surface area contributed by atoms with E-state index in [1.54, 1.807) is 45.1 Å². The van der Waals surface area contributed by atoms with Crippen LogP contribution in [0.4, 0.5) is 4.79 Å². The van der Waals surface area contributed by atoms with Crippen LogP contribution in [-0.2, 0) is 28.6 Å². The number of ether oxygens (including phenoxy) is 3. The van der Waals surface area contributed by atoms with Crippen molar-refractivity contribution in [3.63, 3.8) is 0 Å². The minimum atomic E-state index is -1.04. The third-order valence-corrected chi connectivity index (χ3v) is 7.97. The van der Waals surface area contributed by atoms with Gasteiger partial charge >= 0.3 is 18.0 Å². The van der Waals surface area contributed by atoms with E-state index in [9.17, 15) is 19.2 Å². The number of benzene rings is 3. The second kappa shape index (κ2) is 14.5. The first-order valence-electron chi connectivity index (χ1n) is 15.6. The summed E-state index contributed by atoms with van der Waals surface area (Å²) in [4.78, 5) is 52.3. The number of alkyl carbamates (subject to hydrolysis) is 1. The Kier molecular flexibility index (Phi) is 10.2. The van der Waals surface area contributed by atoms with Crippen LogP contribution in [-0.4, -0.2) is 48.7 Å². The minimum absolute atomic E-state index is 0.0131. The Labute approximate surface area is 269 Å². The molecule has 1 aliphatic heterocycles. The number of rotatable bonds is 6. The molecule has 0 saturated heterocycles. The number of nitrogens with one attached hydrogen (secondary N) is 2. The summed E-state index contributed by atoms with van der Waals surface area (Å²) < 4.78 is 17.0. The van der Waals surface area contributed by atoms with Gasteiger partial charge in [-0.1, -0.05) is 91.0 Å². The van der Waals surface area contributed by atoms with Crippen LogP contribution in [0.25, 0.3) is 11.1 Å². The number of fused-ring (bicyclic) bond motifs is 3. The molecule has 9 nitrogen and oxygen atoms in total. The van der Waals surface area contributed by atoms with E-state index in [1.807, 2.05) is 54.6 Å². The SMILES string of the molecule is CC(C)(C)OC(=O)C[C@@H]1C/C=C/C[C@H](NC(=O)OCC2c3ccccc3-c3ccccc32)C(=O)O[C@H](c2ccccc2)CNC1=O. The molecule has 3 aromatic carbocycles. The summed E-state index contributed by atoms with van der Waals surface area (Å²) in [6.07, 6.45) is 2.10. The largest absolute Gasteiger partial charge is 0.460 e. The molecule has 0 unspecified atom stereocenters. The van der Waals surface area contributed by atoms with Gasteiger partial charge in [0.1, 0.15) is 24.4 Å². The average Bonchev–Trinajstić information content (AvgIpc) is 3.35. The minimum Gasteiger partial charge on any atom is -0.460 e. The lowest BCUT2D eigenvalue weighted by Gasteiger charge is -2.25. The van der Waals surface area contributed by atoms with E-state index in [0.717, 1.165) is 22.3 Å². The number of cyclic esters (lactones) is 1. The molecule has 2 aliphatic rings. The number of carbonyl (C=O) groups is 4. The molecule has 1 aliphatic carbocycles. The fourth-order valence-electron chi connectivity index (χ4n) is 5.81. The van der Waals surface area contributed by atoms with Crippen LogP contribution in [0.3, 0.4) is 0 Å². The molecule has 2 N–H and O–H groups in total. The molecule has 3 aromatic rings. The van der Waals surface area contributed by atoms with Crippen molar-refractivity contribution in [2.45, 2.75) is 63.7 Å². The van der Waals surface area contributed by atoms with Crippen LogP contribution in [0, 0.1) is 5.92 Å². The molecule has 9 heteroatoms. The Bertz CT molecular complexity index is 1550. The lowest BCUT2D eigenvalue weighted by Crippen LogP contribution is -2.44. The van der Waals surface area contributed by atoms with Crippen LogP contribution < -0.4 is 10.6 Å². The quantitative estimate of drug-likeness (QED) is 0.196. The van der Waals surface area contributed by atoms with E-state index >= 15 is 0 Å². The maximum absolute atomic E-state index is 13.5. The van der Waals surface area contributed by atoms with E-state index in [2.05, 4.69) is 22.8 Å². The zero-order valence-corrected chi connectivity index (χ0v) is 26.4. The number of amides is 2. The Morgan fingerprint density at radius 3 is 2.13 bits per heavy atom. The average molecular weight is 625 g/mol. The maximum atomic E-state index is 13.5. The fraction of sp³-hybridized carbons (Fsp3) is 0.351. The monoisotopic (exact) mass is 624 g/mol. The van der Waals surface area contributed by atoms with Crippen LogP contribution in [0.1, 0.15) is 68.7 Å². The standard InChI is InChI=1S/C37H40N2O7/c1-37(2,3)46-33(40)21-25-15-7-12-20-31(35(42)45-32(22-38-34(25)41)24-13-5-4-6-14-24)39-36(43)44-23-30-28-18-10-8-16-26(28)27-17-9-11-19-29(27)30/h4-14,16-19,25,30-32H,15,20-23H2,1-3H3,(H,38,41)(H,39,43)/b12-7+/t25-,31-,32-/m0/s1. The van der Waals surface area contributed by atoms with Crippen LogP contribution in [0.5, 0.6) is 0 Å². The summed E-state index contributed by atoms with van der Waals surface area (Å²) in [5.74, 6) is -2.30. The van der Waals surface area contributed by atoms with Crippen molar-refractivity contribution < 1.29 is 33.4 Å². The summed E-state index contributed by atoms with van der Waals surface area (Å²) in [5.41, 5.74) is 4.39. The second-order valence-electron chi connectivity index (χ2n) is 12.5. The Morgan fingerprint density at radius 1 is 0.870 bits per heavy atom. The van der Waals surface area contributed by atoms with Gasteiger partial charge in [0.2, 0.25) is 5.91 Å². The van der Waals surface area contributed by atoms with Crippen molar-refractivity contribution >= 4 is 23.9 Å². The number of hydrogen-bond acceptors (Lipinski definition) is 7. The number of carbonyl (C=O) groups excluding carboxylic acids is 4. The van der Waals surface area contributed by atoms with E-state index in [4.69, 9.17) is 14.2 Å². The molecule has 0 aromatic heterocycles. The summed E-state index contributed by atoms with van der Waals surface area (Å²) in [7, 11) is 0. The second-order valence-corrected chi connectivity index (χ2v) is 12.5. The van der Waals surface area contributed by atoms with Crippen LogP contribution >= 0.6 is 0 Å². The van der Waals surface area contributed by atoms with Crippen LogP contribution in [0.2, 0.25) is 0 Å². The van der Waals surface area contributed by atoms with Crippen molar-refractivity contribution in [2.75, 3.05) is 13.2 Å². The Hall–Kier alpha value is -4.92. The van der Waals surface area contributed by atoms with Crippen molar-refractivity contribution in [1.82, 2.24) is 10.6 Å². The molecule has 0 saturated carbocycles. The molecular weight excluding hydrogens is 584 g/mol. The molecule has 5 rings (SSSR count). The number of hydrogen-bond donors (Lipinski definition) is 2. The van der Waals surface area contributed by atoms with Gasteiger partial charge in [-0.2, -0.15) is 0 Å². The molecule has 0 fully saturated rings. The highest BCUT2D eigenvalue weighted by Gasteiger charge is 2.32. The van der Waals surface area contributed by atoms with Gasteiger partial charge in [0.05, 0.1) is 18.9 Å². The zero-order chi connectivity index (χ0) is 32.7. The molecule has 0 radical (unpaired) electrons. The van der Waals surface area contributed by atoms with Crippen molar-refractivity contribution in [2.24, 2.45) is 5.92 Å². The molecule has 0 spiro atoms. The normalized spacial score (nSPS) is 20.9. The highest BCUT2D eigenvalue weighted by Crippen LogP contribution is 2.44. The van der Waals surface area contributed by atoms with Gasteiger partial charge in [-0.05, 0) is 61.4 Å². The van der Waals surface area contributed by atoms with Gasteiger partial charge < -0.3 is 24.8 Å². The predicted octanol–water partition coefficient (Wildman–Crippen LogP) is 5.99. The molecule has 240 valence electrons. The number of esters is 2. The highest BCUT2D eigenvalue weighted by molar-refractivity contribution is 5.85. The maximum Gasteiger partial charge on any atom is 0.407 e. The van der Waals surface area contributed by atoms with Crippen molar-refractivity contribution in [3.05, 3.63) is 108 Å². The first-order valence-corrected chi connectivity index (χ1v) is 15.6. The van der Waals surface area contributed by atoms with Gasteiger partial charge in [-0.3, -0.25) is 9.59 Å². The third-order valence-electron chi connectivity index (χ3n) is 7.97. The molecule has 1 heterocycles. The van der Waals surface area contributed by atoms with Gasteiger partial charge in [0, 0.05) is 5.92 Å². The molecule has 2 amide bonds. The van der Waals surface area contributed by atoms with Gasteiger partial charge in [-0.15, -0.1) is 0 Å². The number of allylic oxidation sites excluding steroid dienone is 1. The van der Waals surface area contributed by atoms with Crippen LogP contribution in [0.15, 0.2) is 91.0 Å². The third kappa shape index (κ3) is 8.21. The first kappa shape index (κ1) is 32.5. The summed E-state index contributed by atoms with van der Waals surface area (Å²) >= 11 is 0. The summed E-state index contributed by atoms with van der Waals surface area (Å²) in [6.45, 7) is 5.40. The van der Waals surface area contributed by atoms with Gasteiger partial charge in [0.15, 0.2) is 0 Å². The van der Waals surface area contributed by atoms with Gasteiger partial charge in [0.25, 0.3) is 0 Å². The lowest BCUT2D eigenvalue weighted by atomic mass is 9.98. The smallest absolute Gasteiger partial charge is 0.407 e. The lowest BCUT2D eigenvalue weighted by molar-refractivity contribution is -0.157. The Balaban J connectivity index is 1.30. The van der Waals surface area contributed by atoms with Crippen molar-refractivity contribution in [3.8, 4) is 11.1 Å². The van der Waals surface area contributed by atoms with E-state index in [0.29, 0.717) is 5.56 Å². The van der Waals surface area contributed by atoms with Gasteiger partial charge in [-0.25, -0.2) is 9.59 Å². The highest BCUT2D eigenvalue weighted by atomic mass is 16.6. The molecule has 0 bridgehead atoms. The first-order chi connectivity index (χ1) is 22.1. The molecule has 46 heavy (non-hydrogen) atoms. The van der Waals surface area contributed by atoms with E-state index in [1.165, 1.54) is 0 Å². The van der Waals surface area contributed by atoms with Crippen molar-refractivity contribution in [1.29, 1.82) is 0 Å². The summed E-state index contributed by atoms with van der Waals surface area (Å²) in [5, 5.41) is 5.54. The molecule has 3 atom stereocenters.